The van der Waals surface area contributed by atoms with E-state index in [1.54, 1.807) is 18.2 Å². The highest BCUT2D eigenvalue weighted by Crippen LogP contribution is 2.22. The first kappa shape index (κ1) is 12.7. The van der Waals surface area contributed by atoms with Crippen LogP contribution in [0.5, 0.6) is 0 Å². The number of rotatable bonds is 4. The third kappa shape index (κ3) is 2.94. The Balaban J connectivity index is 2.13. The lowest BCUT2D eigenvalue weighted by atomic mass is 10.3. The maximum atomic E-state index is 11.1. The maximum absolute atomic E-state index is 11.1. The molecule has 92 valence electrons. The highest BCUT2D eigenvalue weighted by molar-refractivity contribution is 7.15. The van der Waals surface area contributed by atoms with Gasteiger partial charge in [0.05, 0.1) is 4.88 Å². The molecular weight excluding hydrogens is 268 g/mol. The van der Waals surface area contributed by atoms with Crippen LogP contribution in [-0.4, -0.2) is 16.9 Å². The van der Waals surface area contributed by atoms with Gasteiger partial charge in [-0.2, -0.15) is 0 Å². The van der Waals surface area contributed by atoms with Crippen LogP contribution in [0.2, 0.25) is 0 Å². The van der Waals surface area contributed by atoms with E-state index in [0.29, 0.717) is 4.88 Å². The van der Waals surface area contributed by atoms with Crippen molar-refractivity contribution in [1.29, 1.82) is 0 Å². The van der Waals surface area contributed by atoms with Crippen molar-refractivity contribution < 1.29 is 14.7 Å². The molecule has 0 aromatic carbocycles. The summed E-state index contributed by atoms with van der Waals surface area (Å²) in [6, 6.07) is 7.03. The van der Waals surface area contributed by atoms with Gasteiger partial charge in [0.2, 0.25) is 0 Å². The molecule has 18 heavy (non-hydrogen) atoms. The molecule has 2 aromatic heterocycles. The number of hydrogen-bond acceptors (Lipinski definition) is 4. The van der Waals surface area contributed by atoms with Gasteiger partial charge in [-0.3, -0.25) is 4.79 Å². The summed E-state index contributed by atoms with van der Waals surface area (Å²) in [4.78, 5) is 24.8. The van der Waals surface area contributed by atoms with E-state index < -0.39 is 5.97 Å². The van der Waals surface area contributed by atoms with Crippen molar-refractivity contribution in [3.8, 4) is 0 Å². The van der Waals surface area contributed by atoms with E-state index in [9.17, 15) is 9.59 Å². The number of thiophene rings is 2. The molecule has 0 saturated carbocycles. The Morgan fingerprint density at radius 3 is 1.89 bits per heavy atom. The van der Waals surface area contributed by atoms with Crippen LogP contribution in [0.15, 0.2) is 24.3 Å². The topological polar surface area (TPSA) is 54.4 Å². The minimum absolute atomic E-state index is 0.0592. The molecule has 1 N–H and O–H groups in total. The number of Topliss-reactive ketones (excluding diaryl/α,β-unsaturated/α-hetero) is 1. The summed E-state index contributed by atoms with van der Waals surface area (Å²) in [5.41, 5.74) is 0. The van der Waals surface area contributed by atoms with Gasteiger partial charge in [-0.1, -0.05) is 0 Å². The minimum atomic E-state index is -0.908. The molecule has 2 heterocycles. The van der Waals surface area contributed by atoms with E-state index in [-0.39, 0.29) is 5.78 Å². The van der Waals surface area contributed by atoms with Crippen LogP contribution in [0.3, 0.4) is 0 Å². The number of ketones is 1. The Kier molecular flexibility index (Phi) is 3.74. The Morgan fingerprint density at radius 1 is 1.00 bits per heavy atom. The van der Waals surface area contributed by atoms with Crippen LogP contribution in [-0.2, 0) is 0 Å². The molecule has 5 heteroatoms. The number of hydrogen-bond donors (Lipinski definition) is 1. The zero-order valence-corrected chi connectivity index (χ0v) is 11.2. The zero-order valence-electron chi connectivity index (χ0n) is 9.54. The largest absolute Gasteiger partial charge is 0.477 e. The number of carboxylic acid groups (broad SMARTS) is 1. The van der Waals surface area contributed by atoms with Crippen LogP contribution < -0.4 is 0 Å². The second kappa shape index (κ2) is 5.29. The van der Waals surface area contributed by atoms with Crippen LogP contribution in [0, 0.1) is 0 Å². The van der Waals surface area contributed by atoms with Crippen LogP contribution in [0.4, 0.5) is 0 Å². The second-order valence-electron chi connectivity index (χ2n) is 3.60. The Labute approximate surface area is 112 Å². The summed E-state index contributed by atoms with van der Waals surface area (Å²) in [6.45, 7) is 1.54. The monoisotopic (exact) mass is 278 g/mol. The molecule has 0 amide bonds. The van der Waals surface area contributed by atoms with E-state index in [2.05, 4.69) is 0 Å². The molecule has 0 radical (unpaired) electrons. The van der Waals surface area contributed by atoms with Crippen LogP contribution in [0.1, 0.15) is 36.0 Å². The number of aromatic carboxylic acids is 1. The smallest absolute Gasteiger partial charge is 0.345 e. The van der Waals surface area contributed by atoms with Crippen molar-refractivity contribution in [3.63, 3.8) is 0 Å². The quantitative estimate of drug-likeness (QED) is 0.863. The zero-order chi connectivity index (χ0) is 13.1. The molecule has 2 rings (SSSR count). The minimum Gasteiger partial charge on any atom is -0.477 e. The normalized spacial score (nSPS) is 10.9. The van der Waals surface area contributed by atoms with Gasteiger partial charge in [0.15, 0.2) is 5.78 Å². The van der Waals surface area contributed by atoms with E-state index in [4.69, 9.17) is 5.11 Å². The molecule has 3 nitrogen and oxygen atoms in total. The molecule has 0 spiro atoms. The van der Waals surface area contributed by atoms with Crippen molar-refractivity contribution in [3.05, 3.63) is 43.8 Å². The first-order valence-corrected chi connectivity index (χ1v) is 6.81. The lowest BCUT2D eigenvalue weighted by molar-refractivity contribution is 0.0702. The number of carboxylic acids is 1. The van der Waals surface area contributed by atoms with Gasteiger partial charge in [-0.15, -0.1) is 22.7 Å². The summed E-state index contributed by atoms with van der Waals surface area (Å²) in [5, 5.41) is 8.80. The SMILES string of the molecule is CC(=O)c1ccc(/C=C/c2ccc(C(=O)O)s2)s1. The molecule has 0 aliphatic rings. The summed E-state index contributed by atoms with van der Waals surface area (Å²) in [6.07, 6.45) is 3.74. The average Bonchev–Trinajstić information content (AvgIpc) is 2.95. The highest BCUT2D eigenvalue weighted by atomic mass is 32.1. The Morgan fingerprint density at radius 2 is 1.50 bits per heavy atom. The van der Waals surface area contributed by atoms with Crippen molar-refractivity contribution in [2.45, 2.75) is 6.92 Å². The van der Waals surface area contributed by atoms with Gasteiger partial charge in [-0.05, 0) is 43.3 Å². The van der Waals surface area contributed by atoms with Gasteiger partial charge in [0.25, 0.3) is 0 Å². The van der Waals surface area contributed by atoms with Gasteiger partial charge >= 0.3 is 5.97 Å². The van der Waals surface area contributed by atoms with Gasteiger partial charge in [0, 0.05) is 9.75 Å². The molecule has 0 atom stereocenters. The van der Waals surface area contributed by atoms with E-state index in [1.807, 2.05) is 18.2 Å². The summed E-state index contributed by atoms with van der Waals surface area (Å²) in [7, 11) is 0. The highest BCUT2D eigenvalue weighted by Gasteiger charge is 2.05. The summed E-state index contributed by atoms with van der Waals surface area (Å²) >= 11 is 2.65. The molecule has 2 aromatic rings. The second-order valence-corrected chi connectivity index (χ2v) is 5.83. The van der Waals surface area contributed by atoms with Gasteiger partial charge in [0.1, 0.15) is 4.88 Å². The predicted molar refractivity (Wildman–Crippen MR) is 74.5 cm³/mol. The first-order valence-electron chi connectivity index (χ1n) is 5.18. The molecule has 0 bridgehead atoms. The van der Waals surface area contributed by atoms with Crippen LogP contribution >= 0.6 is 22.7 Å². The lowest BCUT2D eigenvalue weighted by Gasteiger charge is -1.86. The van der Waals surface area contributed by atoms with Gasteiger partial charge < -0.3 is 5.11 Å². The van der Waals surface area contributed by atoms with E-state index in [1.165, 1.54) is 29.6 Å². The first-order chi connectivity index (χ1) is 8.56. The number of carbonyl (C=O) groups is 2. The number of carbonyl (C=O) groups excluding carboxylic acids is 1. The molecule has 0 saturated heterocycles. The molecule has 0 aliphatic carbocycles. The third-order valence-electron chi connectivity index (χ3n) is 2.22. The maximum Gasteiger partial charge on any atom is 0.345 e. The predicted octanol–water partition coefficient (Wildman–Crippen LogP) is 3.88. The Hall–Kier alpha value is -1.72. The van der Waals surface area contributed by atoms with Crippen molar-refractivity contribution in [1.82, 2.24) is 0 Å². The Bertz CT molecular complexity index is 565. The average molecular weight is 278 g/mol. The molecule has 0 aliphatic heterocycles. The van der Waals surface area contributed by atoms with Gasteiger partial charge in [-0.25, -0.2) is 4.79 Å². The van der Waals surface area contributed by atoms with Crippen molar-refractivity contribution >= 4 is 46.6 Å². The third-order valence-corrected chi connectivity index (χ3v) is 4.41. The summed E-state index contributed by atoms with van der Waals surface area (Å²) in [5.74, 6) is -0.849. The van der Waals surface area contributed by atoms with Crippen molar-refractivity contribution in [2.24, 2.45) is 0 Å². The fourth-order valence-electron chi connectivity index (χ4n) is 1.35. The standard InChI is InChI=1S/C13H10O3S2/c1-8(14)11-6-4-9(17-11)2-3-10-5-7-12(18-10)13(15)16/h2-7H,1H3,(H,15,16)/b3-2+. The molecule has 0 unspecified atom stereocenters. The molecular formula is C13H10O3S2. The van der Waals surface area contributed by atoms with E-state index >= 15 is 0 Å². The fourth-order valence-corrected chi connectivity index (χ4v) is 2.91. The fraction of sp³-hybridized carbons (Fsp3) is 0.0769. The van der Waals surface area contributed by atoms with E-state index in [0.717, 1.165) is 14.6 Å². The molecule has 0 fully saturated rings. The van der Waals surface area contributed by atoms with Crippen molar-refractivity contribution in [2.75, 3.05) is 0 Å². The lowest BCUT2D eigenvalue weighted by Crippen LogP contribution is -1.89. The van der Waals surface area contributed by atoms with Crippen LogP contribution in [0.25, 0.3) is 12.2 Å². The summed E-state index contributed by atoms with van der Waals surface area (Å²) < 4.78 is 0.